The van der Waals surface area contributed by atoms with Crippen molar-refractivity contribution in [3.8, 4) is 0 Å². The lowest BCUT2D eigenvalue weighted by molar-refractivity contribution is 0.198. The summed E-state index contributed by atoms with van der Waals surface area (Å²) >= 11 is 0. The Kier molecular flexibility index (Phi) is 5.29. The van der Waals surface area contributed by atoms with Gasteiger partial charge < -0.3 is 16.0 Å². The summed E-state index contributed by atoms with van der Waals surface area (Å²) in [6, 6.07) is 0. The molecule has 0 aliphatic carbocycles. The standard InChI is InChI=1S/C15H29N5/c1-4-8-20-15(14(16)12(3)18-20)17-11-13-6-9-19(5-2)10-7-13/h13,17H,4-11,16H2,1-3H3. The first-order valence-corrected chi connectivity index (χ1v) is 7.94. The predicted molar refractivity (Wildman–Crippen MR) is 85.0 cm³/mol. The lowest BCUT2D eigenvalue weighted by Gasteiger charge is -2.31. The molecule has 3 N–H and O–H groups in total. The molecule has 0 spiro atoms. The number of aryl methyl sites for hydroxylation is 2. The van der Waals surface area contributed by atoms with Gasteiger partial charge >= 0.3 is 0 Å². The van der Waals surface area contributed by atoms with Crippen molar-refractivity contribution >= 4 is 11.5 Å². The van der Waals surface area contributed by atoms with Gasteiger partial charge in [-0.25, -0.2) is 4.68 Å². The maximum absolute atomic E-state index is 6.14. The first-order valence-electron chi connectivity index (χ1n) is 7.94. The van der Waals surface area contributed by atoms with Gasteiger partial charge in [0.15, 0.2) is 0 Å². The van der Waals surface area contributed by atoms with E-state index in [-0.39, 0.29) is 0 Å². The SMILES string of the molecule is CCCn1nc(C)c(N)c1NCC1CCN(CC)CC1. The number of hydrogen-bond acceptors (Lipinski definition) is 4. The molecule has 5 nitrogen and oxygen atoms in total. The largest absolute Gasteiger partial charge is 0.394 e. The van der Waals surface area contributed by atoms with Crippen LogP contribution in [0, 0.1) is 12.8 Å². The molecule has 0 atom stereocenters. The molecule has 0 amide bonds. The number of nitrogens with one attached hydrogen (secondary N) is 1. The summed E-state index contributed by atoms with van der Waals surface area (Å²) in [6.07, 6.45) is 3.63. The molecule has 0 bridgehead atoms. The predicted octanol–water partition coefficient (Wildman–Crippen LogP) is 2.33. The number of rotatable bonds is 6. The highest BCUT2D eigenvalue weighted by atomic mass is 15.3. The minimum Gasteiger partial charge on any atom is -0.394 e. The summed E-state index contributed by atoms with van der Waals surface area (Å²) in [5.41, 5.74) is 7.88. The van der Waals surface area contributed by atoms with Gasteiger partial charge in [-0.05, 0) is 51.7 Å². The maximum atomic E-state index is 6.14. The van der Waals surface area contributed by atoms with E-state index < -0.39 is 0 Å². The Morgan fingerprint density at radius 1 is 1.30 bits per heavy atom. The lowest BCUT2D eigenvalue weighted by atomic mass is 9.97. The normalized spacial score (nSPS) is 17.6. The lowest BCUT2D eigenvalue weighted by Crippen LogP contribution is -2.35. The molecule has 0 aromatic carbocycles. The van der Waals surface area contributed by atoms with Crippen LogP contribution >= 0.6 is 0 Å². The summed E-state index contributed by atoms with van der Waals surface area (Å²) in [5.74, 6) is 1.77. The first kappa shape index (κ1) is 15.2. The highest BCUT2D eigenvalue weighted by molar-refractivity contribution is 5.64. The van der Waals surface area contributed by atoms with E-state index in [1.54, 1.807) is 0 Å². The van der Waals surface area contributed by atoms with Gasteiger partial charge in [0.2, 0.25) is 0 Å². The molecule has 1 fully saturated rings. The topological polar surface area (TPSA) is 59.1 Å². The second kappa shape index (κ2) is 6.97. The number of nitrogens with two attached hydrogens (primary N) is 1. The van der Waals surface area contributed by atoms with Gasteiger partial charge in [0.05, 0.1) is 11.4 Å². The van der Waals surface area contributed by atoms with E-state index >= 15 is 0 Å². The molecule has 5 heteroatoms. The summed E-state index contributed by atoms with van der Waals surface area (Å²) in [5, 5.41) is 8.06. The first-order chi connectivity index (χ1) is 9.65. The summed E-state index contributed by atoms with van der Waals surface area (Å²) < 4.78 is 2.02. The highest BCUT2D eigenvalue weighted by Gasteiger charge is 2.19. The van der Waals surface area contributed by atoms with Crippen LogP contribution in [0.3, 0.4) is 0 Å². The zero-order chi connectivity index (χ0) is 14.5. The molecule has 0 radical (unpaired) electrons. The summed E-state index contributed by atoms with van der Waals surface area (Å²) in [4.78, 5) is 2.52. The van der Waals surface area contributed by atoms with Crippen molar-refractivity contribution in [3.63, 3.8) is 0 Å². The number of likely N-dealkylation sites (tertiary alicyclic amines) is 1. The number of aromatic nitrogens is 2. The molecule has 0 unspecified atom stereocenters. The van der Waals surface area contributed by atoms with Gasteiger partial charge in [0.25, 0.3) is 0 Å². The fraction of sp³-hybridized carbons (Fsp3) is 0.800. The second-order valence-corrected chi connectivity index (χ2v) is 5.83. The maximum Gasteiger partial charge on any atom is 0.148 e. The Morgan fingerprint density at radius 2 is 2.00 bits per heavy atom. The van der Waals surface area contributed by atoms with Crippen molar-refractivity contribution in [3.05, 3.63) is 5.69 Å². The van der Waals surface area contributed by atoms with Crippen LogP contribution in [0.1, 0.15) is 38.8 Å². The Morgan fingerprint density at radius 3 is 2.60 bits per heavy atom. The number of piperidine rings is 1. The van der Waals surface area contributed by atoms with Crippen LogP contribution < -0.4 is 11.1 Å². The molecular formula is C15H29N5. The van der Waals surface area contributed by atoms with Crippen LogP contribution in [-0.4, -0.2) is 40.9 Å². The van der Waals surface area contributed by atoms with E-state index in [9.17, 15) is 0 Å². The van der Waals surface area contributed by atoms with Gasteiger partial charge in [-0.1, -0.05) is 13.8 Å². The monoisotopic (exact) mass is 279 g/mol. The fourth-order valence-electron chi connectivity index (χ4n) is 2.90. The van der Waals surface area contributed by atoms with Gasteiger partial charge in [0.1, 0.15) is 5.82 Å². The zero-order valence-corrected chi connectivity index (χ0v) is 13.2. The van der Waals surface area contributed by atoms with Crippen LogP contribution in [0.25, 0.3) is 0 Å². The van der Waals surface area contributed by atoms with Gasteiger partial charge in [-0.2, -0.15) is 5.10 Å². The zero-order valence-electron chi connectivity index (χ0n) is 13.2. The van der Waals surface area contributed by atoms with E-state index in [2.05, 4.69) is 29.2 Å². The minimum atomic E-state index is 0.752. The minimum absolute atomic E-state index is 0.752. The number of nitrogen functional groups attached to an aromatic ring is 1. The third-order valence-electron chi connectivity index (χ3n) is 4.32. The molecule has 20 heavy (non-hydrogen) atoms. The second-order valence-electron chi connectivity index (χ2n) is 5.83. The average molecular weight is 279 g/mol. The average Bonchev–Trinajstić information content (AvgIpc) is 2.73. The Hall–Kier alpha value is -1.23. The van der Waals surface area contributed by atoms with E-state index in [0.717, 1.165) is 42.6 Å². The fourth-order valence-corrected chi connectivity index (χ4v) is 2.90. The molecular weight excluding hydrogens is 250 g/mol. The Bertz CT molecular complexity index is 418. The highest BCUT2D eigenvalue weighted by Crippen LogP contribution is 2.24. The molecule has 2 heterocycles. The third kappa shape index (κ3) is 3.45. The molecule has 1 aliphatic heterocycles. The van der Waals surface area contributed by atoms with E-state index in [0.29, 0.717) is 0 Å². The molecule has 0 saturated carbocycles. The summed E-state index contributed by atoms with van der Waals surface area (Å²) in [7, 11) is 0. The quantitative estimate of drug-likeness (QED) is 0.839. The van der Waals surface area contributed by atoms with Crippen molar-refractivity contribution < 1.29 is 0 Å². The van der Waals surface area contributed by atoms with Gasteiger partial charge in [-0.3, -0.25) is 0 Å². The van der Waals surface area contributed by atoms with E-state index in [1.165, 1.54) is 32.5 Å². The molecule has 1 aromatic heterocycles. The number of hydrogen-bond donors (Lipinski definition) is 2. The van der Waals surface area contributed by atoms with Crippen LogP contribution in [0.15, 0.2) is 0 Å². The Labute approximate surface area is 122 Å². The smallest absolute Gasteiger partial charge is 0.148 e. The number of anilines is 2. The van der Waals surface area contributed by atoms with Crippen molar-refractivity contribution in [1.82, 2.24) is 14.7 Å². The van der Waals surface area contributed by atoms with Gasteiger partial charge in [-0.15, -0.1) is 0 Å². The Balaban J connectivity index is 1.90. The van der Waals surface area contributed by atoms with Crippen LogP contribution in [0.5, 0.6) is 0 Å². The van der Waals surface area contributed by atoms with Crippen molar-refractivity contribution in [2.45, 2.75) is 46.6 Å². The molecule has 1 saturated heterocycles. The third-order valence-corrected chi connectivity index (χ3v) is 4.32. The van der Waals surface area contributed by atoms with E-state index in [4.69, 9.17) is 5.73 Å². The van der Waals surface area contributed by atoms with Crippen molar-refractivity contribution in [2.24, 2.45) is 5.92 Å². The van der Waals surface area contributed by atoms with Crippen LogP contribution in [0.2, 0.25) is 0 Å². The molecule has 1 aromatic rings. The van der Waals surface area contributed by atoms with Crippen molar-refractivity contribution in [2.75, 3.05) is 37.2 Å². The van der Waals surface area contributed by atoms with Crippen molar-refractivity contribution in [1.29, 1.82) is 0 Å². The van der Waals surface area contributed by atoms with Crippen LogP contribution in [0.4, 0.5) is 11.5 Å². The molecule has 114 valence electrons. The molecule has 1 aliphatic rings. The number of nitrogens with zero attached hydrogens (tertiary/aromatic N) is 3. The van der Waals surface area contributed by atoms with Gasteiger partial charge in [0, 0.05) is 13.1 Å². The summed E-state index contributed by atoms with van der Waals surface area (Å²) in [6.45, 7) is 12.0. The van der Waals surface area contributed by atoms with E-state index in [1.807, 2.05) is 11.6 Å². The van der Waals surface area contributed by atoms with Crippen LogP contribution in [-0.2, 0) is 6.54 Å². The molecule has 2 rings (SSSR count).